The van der Waals surface area contributed by atoms with E-state index < -0.39 is 29.4 Å². The molecule has 0 spiro atoms. The molecular formula is C28H28F6N2O2. The molecule has 1 amide bonds. The van der Waals surface area contributed by atoms with Crippen LogP contribution in [0.1, 0.15) is 64.8 Å². The van der Waals surface area contributed by atoms with E-state index in [0.29, 0.717) is 23.6 Å². The zero-order valence-electron chi connectivity index (χ0n) is 21.0. The van der Waals surface area contributed by atoms with Crippen molar-refractivity contribution in [2.75, 3.05) is 7.11 Å². The minimum absolute atomic E-state index is 0.0190. The summed E-state index contributed by atoms with van der Waals surface area (Å²) in [7, 11) is 1.51. The van der Waals surface area contributed by atoms with Gasteiger partial charge >= 0.3 is 12.4 Å². The lowest BCUT2D eigenvalue weighted by atomic mass is 9.95. The highest BCUT2D eigenvalue weighted by atomic mass is 19.4. The van der Waals surface area contributed by atoms with Crippen LogP contribution in [0.25, 0.3) is 11.3 Å². The number of carbonyl (C=O) groups is 1. The Balaban J connectivity index is 1.83. The Morgan fingerprint density at radius 1 is 0.921 bits per heavy atom. The Kier molecular flexibility index (Phi) is 7.80. The number of rotatable bonds is 6. The van der Waals surface area contributed by atoms with Crippen LogP contribution in [-0.2, 0) is 18.9 Å². The largest absolute Gasteiger partial charge is 0.497 e. The summed E-state index contributed by atoms with van der Waals surface area (Å²) in [5.74, 6) is 0.200. The number of alkyl halides is 6. The second-order valence-electron chi connectivity index (χ2n) is 9.57. The molecule has 38 heavy (non-hydrogen) atoms. The summed E-state index contributed by atoms with van der Waals surface area (Å²) in [4.78, 5) is 13.2. The molecule has 0 unspecified atom stereocenters. The first-order chi connectivity index (χ1) is 17.9. The second kappa shape index (κ2) is 10.7. The number of halogens is 6. The van der Waals surface area contributed by atoms with Crippen LogP contribution in [0.15, 0.2) is 48.5 Å². The summed E-state index contributed by atoms with van der Waals surface area (Å²) in [5, 5.41) is 2.99. The minimum Gasteiger partial charge on any atom is -0.497 e. The van der Waals surface area contributed by atoms with Gasteiger partial charge in [-0.2, -0.15) is 26.3 Å². The highest BCUT2D eigenvalue weighted by Gasteiger charge is 2.37. The molecule has 0 saturated heterocycles. The average molecular weight is 539 g/mol. The van der Waals surface area contributed by atoms with Gasteiger partial charge in [0.1, 0.15) is 5.75 Å². The summed E-state index contributed by atoms with van der Waals surface area (Å²) in [6, 6.07) is 9.75. The van der Waals surface area contributed by atoms with Gasteiger partial charge in [-0.3, -0.25) is 4.79 Å². The molecule has 1 fully saturated rings. The maximum absolute atomic E-state index is 13.6. The Morgan fingerprint density at radius 3 is 2.03 bits per heavy atom. The van der Waals surface area contributed by atoms with E-state index in [2.05, 4.69) is 5.32 Å². The van der Waals surface area contributed by atoms with Crippen LogP contribution in [0, 0.1) is 6.92 Å². The Morgan fingerprint density at radius 2 is 1.50 bits per heavy atom. The van der Waals surface area contributed by atoms with Crippen molar-refractivity contribution in [1.29, 1.82) is 0 Å². The summed E-state index contributed by atoms with van der Waals surface area (Å²) in [5.41, 5.74) is -1.63. The van der Waals surface area contributed by atoms with Crippen LogP contribution in [0.4, 0.5) is 26.3 Å². The molecule has 2 aromatic carbocycles. The SMILES string of the molecule is COc1ccc(Cn2c(-c3cc(C(F)(F)F)cc(C(F)(F)F)c3)cc(C(=O)NC3CCCCC3)c2C)cc1. The van der Waals surface area contributed by atoms with Crippen molar-refractivity contribution in [2.24, 2.45) is 0 Å². The maximum Gasteiger partial charge on any atom is 0.416 e. The fourth-order valence-electron chi connectivity index (χ4n) is 4.84. The summed E-state index contributed by atoms with van der Waals surface area (Å²) in [6.07, 6.45) is -5.26. The highest BCUT2D eigenvalue weighted by molar-refractivity contribution is 5.97. The van der Waals surface area contributed by atoms with Gasteiger partial charge in [-0.25, -0.2) is 0 Å². The normalized spacial score (nSPS) is 14.9. The van der Waals surface area contributed by atoms with E-state index in [-0.39, 0.29) is 35.5 Å². The lowest BCUT2D eigenvalue weighted by Gasteiger charge is -2.22. The van der Waals surface area contributed by atoms with Crippen LogP contribution in [-0.4, -0.2) is 23.6 Å². The summed E-state index contributed by atoms with van der Waals surface area (Å²) < 4.78 is 88.3. The molecule has 1 N–H and O–H groups in total. The smallest absolute Gasteiger partial charge is 0.416 e. The van der Waals surface area contributed by atoms with Gasteiger partial charge in [0, 0.05) is 24.0 Å². The zero-order chi connectivity index (χ0) is 27.7. The summed E-state index contributed by atoms with van der Waals surface area (Å²) >= 11 is 0. The van der Waals surface area contributed by atoms with Gasteiger partial charge in [-0.15, -0.1) is 0 Å². The Bertz CT molecular complexity index is 1250. The van der Waals surface area contributed by atoms with Crippen LogP contribution in [0.3, 0.4) is 0 Å². The molecule has 0 aliphatic heterocycles. The van der Waals surface area contributed by atoms with E-state index in [1.807, 2.05) is 0 Å². The predicted molar refractivity (Wildman–Crippen MR) is 131 cm³/mol. The highest BCUT2D eigenvalue weighted by Crippen LogP contribution is 2.39. The summed E-state index contributed by atoms with van der Waals surface area (Å²) in [6.45, 7) is 1.76. The Labute approximate surface area is 216 Å². The number of nitrogens with zero attached hydrogens (tertiary/aromatic N) is 1. The van der Waals surface area contributed by atoms with Gasteiger partial charge in [0.15, 0.2) is 0 Å². The van der Waals surface area contributed by atoms with Gasteiger partial charge in [0.05, 0.1) is 23.8 Å². The monoisotopic (exact) mass is 538 g/mol. The number of benzene rings is 2. The van der Waals surface area contributed by atoms with Crippen molar-refractivity contribution in [3.05, 3.63) is 76.5 Å². The molecule has 204 valence electrons. The predicted octanol–water partition coefficient (Wildman–Crippen LogP) is 7.62. The van der Waals surface area contributed by atoms with E-state index in [1.165, 1.54) is 13.2 Å². The molecule has 1 aliphatic rings. The number of ether oxygens (including phenoxy) is 1. The molecule has 4 nitrogen and oxygen atoms in total. The quantitative estimate of drug-likeness (QED) is 0.328. The molecule has 1 aliphatic carbocycles. The number of aromatic nitrogens is 1. The third kappa shape index (κ3) is 6.16. The first kappa shape index (κ1) is 27.6. The van der Waals surface area contributed by atoms with E-state index in [0.717, 1.165) is 37.7 Å². The minimum atomic E-state index is -4.99. The van der Waals surface area contributed by atoms with Gasteiger partial charge < -0.3 is 14.6 Å². The fraction of sp³-hybridized carbons (Fsp3) is 0.393. The molecule has 1 heterocycles. The molecule has 3 aromatic rings. The van der Waals surface area contributed by atoms with E-state index in [1.54, 1.807) is 35.8 Å². The fourth-order valence-corrected chi connectivity index (χ4v) is 4.84. The molecular weight excluding hydrogens is 510 g/mol. The van der Waals surface area contributed by atoms with Crippen molar-refractivity contribution in [2.45, 2.75) is 64.0 Å². The van der Waals surface area contributed by atoms with Crippen molar-refractivity contribution < 1.29 is 35.9 Å². The maximum atomic E-state index is 13.6. The third-order valence-electron chi connectivity index (χ3n) is 6.93. The average Bonchev–Trinajstić information content (AvgIpc) is 3.19. The third-order valence-corrected chi connectivity index (χ3v) is 6.93. The number of methoxy groups -OCH3 is 1. The molecule has 0 atom stereocenters. The van der Waals surface area contributed by atoms with Crippen LogP contribution in [0.2, 0.25) is 0 Å². The second-order valence-corrected chi connectivity index (χ2v) is 9.57. The first-order valence-corrected chi connectivity index (χ1v) is 12.3. The number of carbonyl (C=O) groups excluding carboxylic acids is 1. The van der Waals surface area contributed by atoms with Crippen molar-refractivity contribution in [3.63, 3.8) is 0 Å². The number of hydrogen-bond acceptors (Lipinski definition) is 2. The van der Waals surface area contributed by atoms with Gasteiger partial charge in [-0.05, 0) is 67.3 Å². The number of nitrogens with one attached hydrogen (secondary N) is 1. The standard InChI is InChI=1S/C28H28F6N2O2/c1-17-24(26(37)35-22-6-4-3-5-7-22)15-25(36(17)16-18-8-10-23(38-2)11-9-18)19-12-20(27(29,30)31)14-21(13-19)28(32,33)34/h8-15,22H,3-7,16H2,1-2H3,(H,35,37). The van der Waals surface area contributed by atoms with Gasteiger partial charge in [-0.1, -0.05) is 31.4 Å². The molecule has 4 rings (SSSR count). The van der Waals surface area contributed by atoms with E-state index >= 15 is 0 Å². The van der Waals surface area contributed by atoms with E-state index in [9.17, 15) is 31.1 Å². The lowest BCUT2D eigenvalue weighted by Crippen LogP contribution is -2.36. The van der Waals surface area contributed by atoms with Crippen molar-refractivity contribution >= 4 is 5.91 Å². The lowest BCUT2D eigenvalue weighted by molar-refractivity contribution is -0.143. The molecule has 10 heteroatoms. The van der Waals surface area contributed by atoms with Crippen LogP contribution in [0.5, 0.6) is 5.75 Å². The molecule has 1 saturated carbocycles. The number of amides is 1. The zero-order valence-corrected chi connectivity index (χ0v) is 21.0. The van der Waals surface area contributed by atoms with E-state index in [4.69, 9.17) is 4.74 Å². The van der Waals surface area contributed by atoms with Crippen molar-refractivity contribution in [3.8, 4) is 17.0 Å². The van der Waals surface area contributed by atoms with Crippen LogP contribution >= 0.6 is 0 Å². The van der Waals surface area contributed by atoms with Gasteiger partial charge in [0.2, 0.25) is 0 Å². The topological polar surface area (TPSA) is 43.3 Å². The van der Waals surface area contributed by atoms with Crippen molar-refractivity contribution in [1.82, 2.24) is 9.88 Å². The Hall–Kier alpha value is -3.43. The molecule has 1 aromatic heterocycles. The van der Waals surface area contributed by atoms with Gasteiger partial charge in [0.25, 0.3) is 5.91 Å². The number of hydrogen-bond donors (Lipinski definition) is 1. The first-order valence-electron chi connectivity index (χ1n) is 12.3. The van der Waals surface area contributed by atoms with Crippen LogP contribution < -0.4 is 10.1 Å². The molecule has 0 bridgehead atoms. The molecule has 0 radical (unpaired) electrons.